The summed E-state index contributed by atoms with van der Waals surface area (Å²) < 4.78 is 26.2. The molecule has 1 heterocycles. The third-order valence-corrected chi connectivity index (χ3v) is 6.50. The molecule has 1 aliphatic rings. The Balaban J connectivity index is 2.62. The standard InChI is InChI=1S/C13H26ClNO2S/c1-11(2)13-5-4-7-15(8-6-13)18(16,17)10-12(3)9-14/h11-13H,4-10H2,1-3H3. The molecule has 3 nitrogen and oxygen atoms in total. The minimum atomic E-state index is -3.12. The first kappa shape index (κ1) is 16.3. The summed E-state index contributed by atoms with van der Waals surface area (Å²) in [6, 6.07) is 0. The molecule has 0 N–H and O–H groups in total. The van der Waals surface area contributed by atoms with Gasteiger partial charge in [0.25, 0.3) is 0 Å². The highest BCUT2D eigenvalue weighted by atomic mass is 35.5. The van der Waals surface area contributed by atoms with E-state index in [2.05, 4.69) is 13.8 Å². The van der Waals surface area contributed by atoms with Crippen molar-refractivity contribution in [3.8, 4) is 0 Å². The quantitative estimate of drug-likeness (QED) is 0.731. The first-order valence-corrected chi connectivity index (χ1v) is 9.05. The summed E-state index contributed by atoms with van der Waals surface area (Å²) >= 11 is 5.71. The summed E-state index contributed by atoms with van der Waals surface area (Å²) in [7, 11) is -3.12. The van der Waals surface area contributed by atoms with Gasteiger partial charge >= 0.3 is 0 Å². The topological polar surface area (TPSA) is 37.4 Å². The molecule has 1 saturated heterocycles. The summed E-state index contributed by atoms with van der Waals surface area (Å²) in [5.74, 6) is 1.93. The lowest BCUT2D eigenvalue weighted by atomic mass is 9.89. The van der Waals surface area contributed by atoms with E-state index >= 15 is 0 Å². The minimum absolute atomic E-state index is 0.0285. The molecule has 0 bridgehead atoms. The van der Waals surface area contributed by atoms with Crippen LogP contribution in [0.15, 0.2) is 0 Å². The van der Waals surface area contributed by atoms with Crippen LogP contribution in [-0.4, -0.2) is 37.4 Å². The molecule has 18 heavy (non-hydrogen) atoms. The van der Waals surface area contributed by atoms with Gasteiger partial charge in [-0.25, -0.2) is 12.7 Å². The van der Waals surface area contributed by atoms with E-state index in [0.717, 1.165) is 19.3 Å². The van der Waals surface area contributed by atoms with Gasteiger partial charge < -0.3 is 0 Å². The van der Waals surface area contributed by atoms with Crippen LogP contribution in [0.4, 0.5) is 0 Å². The largest absolute Gasteiger partial charge is 0.214 e. The number of nitrogens with zero attached hydrogens (tertiary/aromatic N) is 1. The molecular weight excluding hydrogens is 270 g/mol. The van der Waals surface area contributed by atoms with Crippen LogP contribution >= 0.6 is 11.6 Å². The number of hydrogen-bond donors (Lipinski definition) is 0. The number of hydrogen-bond acceptors (Lipinski definition) is 2. The average molecular weight is 296 g/mol. The molecule has 0 radical (unpaired) electrons. The highest BCUT2D eigenvalue weighted by molar-refractivity contribution is 7.89. The van der Waals surface area contributed by atoms with E-state index in [-0.39, 0.29) is 11.7 Å². The lowest BCUT2D eigenvalue weighted by Crippen LogP contribution is -2.36. The molecule has 0 amide bonds. The Morgan fingerprint density at radius 2 is 1.89 bits per heavy atom. The van der Waals surface area contributed by atoms with Crippen molar-refractivity contribution in [2.24, 2.45) is 17.8 Å². The lowest BCUT2D eigenvalue weighted by molar-refractivity contribution is 0.340. The maximum absolute atomic E-state index is 12.3. The van der Waals surface area contributed by atoms with Crippen molar-refractivity contribution in [2.45, 2.75) is 40.0 Å². The molecule has 1 fully saturated rings. The smallest absolute Gasteiger partial charge is 0.212 e. The molecule has 2 unspecified atom stereocenters. The average Bonchev–Trinajstić information content (AvgIpc) is 2.54. The predicted octanol–water partition coefficient (Wildman–Crippen LogP) is 2.95. The first-order chi connectivity index (χ1) is 8.36. The van der Waals surface area contributed by atoms with E-state index in [1.54, 1.807) is 4.31 Å². The predicted molar refractivity (Wildman–Crippen MR) is 77.4 cm³/mol. The fraction of sp³-hybridized carbons (Fsp3) is 1.00. The van der Waals surface area contributed by atoms with E-state index in [9.17, 15) is 8.42 Å². The molecular formula is C13H26ClNO2S. The van der Waals surface area contributed by atoms with Gasteiger partial charge in [-0.2, -0.15) is 0 Å². The van der Waals surface area contributed by atoms with Crippen LogP contribution in [0.3, 0.4) is 0 Å². The molecule has 1 aliphatic heterocycles. The zero-order valence-electron chi connectivity index (χ0n) is 11.7. The molecule has 0 aromatic heterocycles. The summed E-state index contributed by atoms with van der Waals surface area (Å²) in [5, 5.41) is 0. The van der Waals surface area contributed by atoms with Gasteiger partial charge in [0.05, 0.1) is 5.75 Å². The Kier molecular flexibility index (Phi) is 6.42. The van der Waals surface area contributed by atoms with Crippen LogP contribution < -0.4 is 0 Å². The van der Waals surface area contributed by atoms with Gasteiger partial charge in [-0.1, -0.05) is 20.8 Å². The van der Waals surface area contributed by atoms with E-state index in [1.165, 1.54) is 0 Å². The number of sulfonamides is 1. The maximum atomic E-state index is 12.3. The molecule has 0 spiro atoms. The molecule has 108 valence electrons. The number of rotatable bonds is 5. The first-order valence-electron chi connectivity index (χ1n) is 6.90. The van der Waals surface area contributed by atoms with Gasteiger partial charge in [-0.15, -0.1) is 11.6 Å². The fourth-order valence-electron chi connectivity index (χ4n) is 2.55. The molecule has 0 saturated carbocycles. The normalized spacial score (nSPS) is 25.1. The second kappa shape index (κ2) is 7.11. The summed E-state index contributed by atoms with van der Waals surface area (Å²) in [5.41, 5.74) is 0. The van der Waals surface area contributed by atoms with Crippen molar-refractivity contribution in [1.29, 1.82) is 0 Å². The maximum Gasteiger partial charge on any atom is 0.214 e. The Morgan fingerprint density at radius 3 is 2.44 bits per heavy atom. The van der Waals surface area contributed by atoms with Gasteiger partial charge in [0.15, 0.2) is 0 Å². The summed E-state index contributed by atoms with van der Waals surface area (Å²) in [6.07, 6.45) is 3.12. The number of alkyl halides is 1. The van der Waals surface area contributed by atoms with Crippen molar-refractivity contribution in [1.82, 2.24) is 4.31 Å². The lowest BCUT2D eigenvalue weighted by Gasteiger charge is -2.22. The Hall–Kier alpha value is 0.200. The van der Waals surface area contributed by atoms with Gasteiger partial charge in [-0.05, 0) is 37.0 Å². The second-order valence-corrected chi connectivity index (χ2v) is 8.19. The van der Waals surface area contributed by atoms with Gasteiger partial charge in [0.2, 0.25) is 10.0 Å². The van der Waals surface area contributed by atoms with Crippen LogP contribution in [0.5, 0.6) is 0 Å². The van der Waals surface area contributed by atoms with Crippen LogP contribution in [0.2, 0.25) is 0 Å². The van der Waals surface area contributed by atoms with Crippen molar-refractivity contribution in [3.63, 3.8) is 0 Å². The van der Waals surface area contributed by atoms with E-state index in [0.29, 0.717) is 30.8 Å². The van der Waals surface area contributed by atoms with Crippen molar-refractivity contribution >= 4 is 21.6 Å². The zero-order valence-corrected chi connectivity index (χ0v) is 13.3. The van der Waals surface area contributed by atoms with Crippen LogP contribution in [0, 0.1) is 17.8 Å². The molecule has 2 atom stereocenters. The third-order valence-electron chi connectivity index (χ3n) is 3.83. The van der Waals surface area contributed by atoms with Crippen LogP contribution in [-0.2, 0) is 10.0 Å². The van der Waals surface area contributed by atoms with Gasteiger partial charge in [0, 0.05) is 19.0 Å². The molecule has 5 heteroatoms. The highest BCUT2D eigenvalue weighted by Crippen LogP contribution is 2.26. The fourth-order valence-corrected chi connectivity index (χ4v) is 4.63. The van der Waals surface area contributed by atoms with E-state index in [4.69, 9.17) is 11.6 Å². The van der Waals surface area contributed by atoms with Crippen LogP contribution in [0.1, 0.15) is 40.0 Å². The molecule has 0 aliphatic carbocycles. The van der Waals surface area contributed by atoms with Gasteiger partial charge in [0.1, 0.15) is 0 Å². The molecule has 0 aromatic carbocycles. The summed E-state index contributed by atoms with van der Waals surface area (Å²) in [6.45, 7) is 7.70. The van der Waals surface area contributed by atoms with Crippen molar-refractivity contribution < 1.29 is 8.42 Å². The van der Waals surface area contributed by atoms with Gasteiger partial charge in [-0.3, -0.25) is 0 Å². The molecule has 1 rings (SSSR count). The second-order valence-electron chi connectivity index (χ2n) is 5.87. The monoisotopic (exact) mass is 295 g/mol. The van der Waals surface area contributed by atoms with Crippen molar-refractivity contribution in [3.05, 3.63) is 0 Å². The van der Waals surface area contributed by atoms with E-state index < -0.39 is 10.0 Å². The minimum Gasteiger partial charge on any atom is -0.212 e. The Labute approximate surface area is 117 Å². The SMILES string of the molecule is CC(CCl)CS(=O)(=O)N1CCCC(C(C)C)CC1. The summed E-state index contributed by atoms with van der Waals surface area (Å²) in [4.78, 5) is 0. The number of halogens is 1. The van der Waals surface area contributed by atoms with Crippen molar-refractivity contribution in [2.75, 3.05) is 24.7 Å². The third kappa shape index (κ3) is 4.71. The zero-order chi connectivity index (χ0) is 13.8. The Bertz CT molecular complexity index is 343. The van der Waals surface area contributed by atoms with Crippen LogP contribution in [0.25, 0.3) is 0 Å². The molecule has 0 aromatic rings. The Morgan fingerprint density at radius 1 is 1.22 bits per heavy atom. The highest BCUT2D eigenvalue weighted by Gasteiger charge is 2.28. The van der Waals surface area contributed by atoms with E-state index in [1.807, 2.05) is 6.92 Å².